The first-order valence-corrected chi connectivity index (χ1v) is 30.7. The Morgan fingerprint density at radius 2 is 0.478 bits per heavy atom. The zero-order valence-electron chi connectivity index (χ0n) is 49.5. The van der Waals surface area contributed by atoms with Gasteiger partial charge in [-0.25, -0.2) is 39.9 Å². The second-order valence-corrected chi connectivity index (χ2v) is 22.7. The molecule has 0 saturated heterocycles. The summed E-state index contributed by atoms with van der Waals surface area (Å²) in [5.41, 5.74) is 17.9. The van der Waals surface area contributed by atoms with Crippen molar-refractivity contribution in [1.82, 2.24) is 49.0 Å². The molecule has 0 aliphatic rings. The monoisotopic (exact) mass is 1180 g/mol. The van der Waals surface area contributed by atoms with Gasteiger partial charge in [-0.1, -0.05) is 243 Å². The van der Waals surface area contributed by atoms with E-state index in [4.69, 9.17) is 39.9 Å². The lowest BCUT2D eigenvalue weighted by Gasteiger charge is -2.20. The molecule has 17 aromatic rings. The van der Waals surface area contributed by atoms with Crippen LogP contribution in [0.2, 0.25) is 0 Å². The number of fused-ring (bicyclic) bond motifs is 6. The average molecular weight is 1180 g/mol. The number of hydrogen-bond acceptors (Lipinski definition) is 8. The third-order valence-corrected chi connectivity index (χ3v) is 17.1. The minimum Gasteiger partial charge on any atom is -0.309 e. The molecule has 0 radical (unpaired) electrons. The molecule has 12 aromatic carbocycles. The molecular weight excluding hydrogens is 1120 g/mol. The number of para-hydroxylation sites is 3. The molecule has 0 fully saturated rings. The maximum absolute atomic E-state index is 5.40. The van der Waals surface area contributed by atoms with E-state index in [0.717, 1.165) is 117 Å². The van der Waals surface area contributed by atoms with E-state index in [9.17, 15) is 0 Å². The Kier molecular flexibility index (Phi) is 13.3. The number of rotatable bonds is 12. The number of nitrogens with zero attached hydrogens (tertiary/aromatic N) is 10. The van der Waals surface area contributed by atoms with Gasteiger partial charge in [0.1, 0.15) is 0 Å². The zero-order chi connectivity index (χ0) is 60.9. The maximum atomic E-state index is 5.40. The van der Waals surface area contributed by atoms with Gasteiger partial charge in [-0.3, -0.25) is 0 Å². The van der Waals surface area contributed by atoms with Gasteiger partial charge in [0.05, 0.1) is 44.8 Å². The molecular formula is C82H52N10. The molecule has 0 aliphatic carbocycles. The van der Waals surface area contributed by atoms with Crippen molar-refractivity contribution in [3.63, 3.8) is 0 Å². The normalized spacial score (nSPS) is 11.5. The van der Waals surface area contributed by atoms with Crippen LogP contribution in [-0.2, 0) is 0 Å². The van der Waals surface area contributed by atoms with Gasteiger partial charge >= 0.3 is 0 Å². The SMILES string of the molecule is c1ccc(-c2cc(-c3ccc(-n4c5ccc(-c6nc(-c7ccccc7)nc(-c7ccccc7)n6)cc5c5cc(-c6nc(-c7ccccc7)nc(-c7ccccc7)n6)ccc54)c(-c4ccccc4-n4c5ccccc5c5ccccc54)c3)nc(-c3ccccc3)n2)cc1. The van der Waals surface area contributed by atoms with E-state index in [1.54, 1.807) is 0 Å². The average Bonchev–Trinajstić information content (AvgIpc) is 1.55. The third-order valence-electron chi connectivity index (χ3n) is 17.1. The van der Waals surface area contributed by atoms with Crippen LogP contribution < -0.4 is 0 Å². The molecule has 10 heteroatoms. The Morgan fingerprint density at radius 3 is 0.902 bits per heavy atom. The van der Waals surface area contributed by atoms with Gasteiger partial charge in [0.25, 0.3) is 0 Å². The van der Waals surface area contributed by atoms with E-state index in [1.807, 2.05) is 146 Å². The highest BCUT2D eigenvalue weighted by molar-refractivity contribution is 6.13. The molecule has 5 aromatic heterocycles. The minimum absolute atomic E-state index is 0.550. The van der Waals surface area contributed by atoms with Gasteiger partial charge in [-0.15, -0.1) is 0 Å². The first kappa shape index (κ1) is 53.6. The number of hydrogen-bond donors (Lipinski definition) is 0. The molecule has 92 heavy (non-hydrogen) atoms. The first-order chi connectivity index (χ1) is 45.6. The summed E-state index contributed by atoms with van der Waals surface area (Å²) in [6.07, 6.45) is 0. The van der Waals surface area contributed by atoms with Gasteiger partial charge in [0.2, 0.25) is 0 Å². The first-order valence-electron chi connectivity index (χ1n) is 30.7. The van der Waals surface area contributed by atoms with Crippen LogP contribution in [0.1, 0.15) is 0 Å². The summed E-state index contributed by atoms with van der Waals surface area (Å²) in [5, 5.41) is 4.31. The Bertz CT molecular complexity index is 5210. The van der Waals surface area contributed by atoms with Crippen molar-refractivity contribution in [2.45, 2.75) is 0 Å². The molecule has 0 amide bonds. The molecule has 0 atom stereocenters. The van der Waals surface area contributed by atoms with Crippen molar-refractivity contribution in [3.8, 4) is 125 Å². The van der Waals surface area contributed by atoms with Crippen LogP contribution in [0.4, 0.5) is 0 Å². The predicted molar refractivity (Wildman–Crippen MR) is 372 cm³/mol. The summed E-state index contributed by atoms with van der Waals surface area (Å²) >= 11 is 0. The lowest BCUT2D eigenvalue weighted by Crippen LogP contribution is -2.03. The van der Waals surface area contributed by atoms with Gasteiger partial charge in [0, 0.05) is 82.7 Å². The molecule has 10 nitrogen and oxygen atoms in total. The molecule has 0 aliphatic heterocycles. The third kappa shape index (κ3) is 9.72. The molecule has 0 N–H and O–H groups in total. The summed E-state index contributed by atoms with van der Waals surface area (Å²) in [6.45, 7) is 0. The van der Waals surface area contributed by atoms with E-state index >= 15 is 0 Å². The standard InChI is InChI=1S/C82H52N10/c1-7-25-53(26-8-1)68-52-69(84-76(83-68)54-27-9-2-10-28-54)59-43-46-73(65(49-59)64-39-21-24-42-72(64)91-70-40-22-19-37-62(70)63-38-20-23-41-71(63)91)92-74-47-44-60(81-87-77(55-29-11-3-12-30-55)85-78(88-81)56-31-13-4-14-32-56)50-66(74)67-51-61(45-48-75(67)92)82-89-79(57-33-15-5-16-34-57)86-80(90-82)58-35-17-6-18-36-58/h1-52H. The lowest BCUT2D eigenvalue weighted by molar-refractivity contribution is 1.07. The molecule has 0 bridgehead atoms. The summed E-state index contributed by atoms with van der Waals surface area (Å²) < 4.78 is 4.82. The molecule has 430 valence electrons. The summed E-state index contributed by atoms with van der Waals surface area (Å²) in [6, 6.07) is 109. The number of aromatic nitrogens is 10. The highest BCUT2D eigenvalue weighted by Crippen LogP contribution is 2.44. The van der Waals surface area contributed by atoms with Crippen LogP contribution in [0.5, 0.6) is 0 Å². The molecule has 17 rings (SSSR count). The highest BCUT2D eigenvalue weighted by atomic mass is 15.1. The van der Waals surface area contributed by atoms with Crippen LogP contribution in [-0.4, -0.2) is 49.0 Å². The second kappa shape index (κ2) is 22.8. The summed E-state index contributed by atoms with van der Waals surface area (Å²) in [7, 11) is 0. The van der Waals surface area contributed by atoms with Crippen molar-refractivity contribution < 1.29 is 0 Å². The maximum Gasteiger partial charge on any atom is 0.164 e. The van der Waals surface area contributed by atoms with E-state index in [1.165, 1.54) is 10.8 Å². The zero-order valence-corrected chi connectivity index (χ0v) is 49.5. The van der Waals surface area contributed by atoms with Crippen molar-refractivity contribution in [1.29, 1.82) is 0 Å². The number of benzene rings is 12. The van der Waals surface area contributed by atoms with E-state index < -0.39 is 0 Å². The van der Waals surface area contributed by atoms with Crippen LogP contribution in [0.3, 0.4) is 0 Å². The predicted octanol–water partition coefficient (Wildman–Crippen LogP) is 19.7. The molecule has 5 heterocycles. The van der Waals surface area contributed by atoms with Gasteiger partial charge < -0.3 is 9.13 Å². The van der Waals surface area contributed by atoms with Crippen LogP contribution in [0.15, 0.2) is 315 Å². The van der Waals surface area contributed by atoms with E-state index in [0.29, 0.717) is 40.8 Å². The van der Waals surface area contributed by atoms with Gasteiger partial charge in [0.15, 0.2) is 40.8 Å². The van der Waals surface area contributed by atoms with Crippen LogP contribution in [0.25, 0.3) is 168 Å². The summed E-state index contributed by atoms with van der Waals surface area (Å²) in [4.78, 5) is 41.7. The van der Waals surface area contributed by atoms with Crippen molar-refractivity contribution in [3.05, 3.63) is 315 Å². The smallest absolute Gasteiger partial charge is 0.164 e. The van der Waals surface area contributed by atoms with Crippen LogP contribution >= 0.6 is 0 Å². The fraction of sp³-hybridized carbons (Fsp3) is 0. The topological polar surface area (TPSA) is 113 Å². The fourth-order valence-electron chi connectivity index (χ4n) is 12.7. The largest absolute Gasteiger partial charge is 0.309 e. The fourth-order valence-corrected chi connectivity index (χ4v) is 12.7. The van der Waals surface area contributed by atoms with E-state index in [2.05, 4.69) is 179 Å². The van der Waals surface area contributed by atoms with Gasteiger partial charge in [-0.05, 0) is 72.8 Å². The van der Waals surface area contributed by atoms with Gasteiger partial charge in [-0.2, -0.15) is 0 Å². The quantitative estimate of drug-likeness (QED) is 0.119. The molecule has 0 unspecified atom stereocenters. The lowest BCUT2D eigenvalue weighted by atomic mass is 9.96. The Hall–Kier alpha value is -12.7. The highest BCUT2D eigenvalue weighted by Gasteiger charge is 2.24. The molecule has 0 saturated carbocycles. The van der Waals surface area contributed by atoms with Crippen molar-refractivity contribution in [2.75, 3.05) is 0 Å². The van der Waals surface area contributed by atoms with Crippen LogP contribution in [0, 0.1) is 0 Å². The summed E-state index contributed by atoms with van der Waals surface area (Å²) in [5.74, 6) is 4.07. The van der Waals surface area contributed by atoms with Crippen molar-refractivity contribution >= 4 is 43.6 Å². The Balaban J connectivity index is 0.944. The minimum atomic E-state index is 0.550. The van der Waals surface area contributed by atoms with Crippen molar-refractivity contribution in [2.24, 2.45) is 0 Å². The Morgan fingerprint density at radius 1 is 0.174 bits per heavy atom. The molecule has 0 spiro atoms. The van der Waals surface area contributed by atoms with E-state index in [-0.39, 0.29) is 0 Å². The Labute approximate surface area is 529 Å². The second-order valence-electron chi connectivity index (χ2n) is 22.7.